The number of aliphatic imine (C=N–C) groups is 1. The minimum absolute atomic E-state index is 0.518. The van der Waals surface area contributed by atoms with Crippen molar-refractivity contribution in [2.24, 2.45) is 4.99 Å². The highest BCUT2D eigenvalue weighted by Crippen LogP contribution is 2.04. The van der Waals surface area contributed by atoms with Crippen molar-refractivity contribution in [1.82, 2.24) is 20.4 Å². The Kier molecular flexibility index (Phi) is 7.36. The second kappa shape index (κ2) is 9.53. The second-order valence-corrected chi connectivity index (χ2v) is 6.25. The molecule has 128 valence electrons. The van der Waals surface area contributed by atoms with Crippen LogP contribution in [0.5, 0.6) is 0 Å². The van der Waals surface area contributed by atoms with Gasteiger partial charge in [-0.15, -0.1) is 0 Å². The van der Waals surface area contributed by atoms with E-state index in [2.05, 4.69) is 70.6 Å². The number of nitrogens with one attached hydrogen (secondary N) is 2. The molecule has 23 heavy (non-hydrogen) atoms. The van der Waals surface area contributed by atoms with Gasteiger partial charge in [-0.1, -0.05) is 30.3 Å². The Balaban J connectivity index is 1.81. The Hall–Kier alpha value is -1.59. The van der Waals surface area contributed by atoms with Crippen molar-refractivity contribution in [3.05, 3.63) is 35.9 Å². The highest BCUT2D eigenvalue weighted by Gasteiger charge is 2.18. The Labute approximate surface area is 140 Å². The van der Waals surface area contributed by atoms with Crippen LogP contribution in [-0.4, -0.2) is 68.1 Å². The highest BCUT2D eigenvalue weighted by molar-refractivity contribution is 5.79. The smallest absolute Gasteiger partial charge is 0.191 e. The van der Waals surface area contributed by atoms with E-state index in [1.807, 2.05) is 6.07 Å². The van der Waals surface area contributed by atoms with E-state index in [4.69, 9.17) is 0 Å². The number of hydrogen-bond donors (Lipinski definition) is 2. The predicted octanol–water partition coefficient (Wildman–Crippen LogP) is 1.38. The van der Waals surface area contributed by atoms with Gasteiger partial charge in [0, 0.05) is 45.3 Å². The Morgan fingerprint density at radius 1 is 1.13 bits per heavy atom. The van der Waals surface area contributed by atoms with Crippen molar-refractivity contribution >= 4 is 5.96 Å². The van der Waals surface area contributed by atoms with Crippen LogP contribution in [0, 0.1) is 0 Å². The van der Waals surface area contributed by atoms with E-state index in [0.29, 0.717) is 12.6 Å². The van der Waals surface area contributed by atoms with E-state index in [-0.39, 0.29) is 0 Å². The van der Waals surface area contributed by atoms with Crippen LogP contribution in [0.15, 0.2) is 35.3 Å². The van der Waals surface area contributed by atoms with Crippen LogP contribution in [0.25, 0.3) is 0 Å². The molecule has 2 N–H and O–H groups in total. The lowest BCUT2D eigenvalue weighted by molar-refractivity contribution is 0.120. The summed E-state index contributed by atoms with van der Waals surface area (Å²) in [4.78, 5) is 9.62. The summed E-state index contributed by atoms with van der Waals surface area (Å²) in [6.45, 7) is 11.5. The summed E-state index contributed by atoms with van der Waals surface area (Å²) in [6, 6.07) is 10.9. The van der Waals surface area contributed by atoms with Gasteiger partial charge >= 0.3 is 0 Å². The molecule has 1 aliphatic heterocycles. The van der Waals surface area contributed by atoms with E-state index in [1.165, 1.54) is 5.56 Å². The first kappa shape index (κ1) is 17.8. The van der Waals surface area contributed by atoms with Gasteiger partial charge in [0.2, 0.25) is 0 Å². The van der Waals surface area contributed by atoms with Crippen LogP contribution in [0.2, 0.25) is 0 Å². The van der Waals surface area contributed by atoms with E-state index >= 15 is 0 Å². The summed E-state index contributed by atoms with van der Waals surface area (Å²) in [5.41, 5.74) is 1.23. The Morgan fingerprint density at radius 2 is 1.83 bits per heavy atom. The molecule has 0 aliphatic carbocycles. The predicted molar refractivity (Wildman–Crippen MR) is 97.8 cm³/mol. The van der Waals surface area contributed by atoms with Crippen LogP contribution in [0.1, 0.15) is 19.4 Å². The van der Waals surface area contributed by atoms with Gasteiger partial charge in [0.05, 0.1) is 6.54 Å². The molecule has 1 fully saturated rings. The normalized spacial score (nSPS) is 18.7. The number of rotatable bonds is 6. The SMILES string of the molecule is CCNC(=NCc1ccccc1)NCC(C)N1CCN(C)CC1. The van der Waals surface area contributed by atoms with Crippen molar-refractivity contribution in [3.8, 4) is 0 Å². The largest absolute Gasteiger partial charge is 0.357 e. The molecule has 1 aliphatic rings. The van der Waals surface area contributed by atoms with Gasteiger partial charge in [-0.25, -0.2) is 4.99 Å². The molecule has 0 spiro atoms. The zero-order chi connectivity index (χ0) is 16.5. The molecule has 1 aromatic carbocycles. The first-order valence-electron chi connectivity index (χ1n) is 8.67. The molecule has 1 heterocycles. The molecule has 2 rings (SSSR count). The van der Waals surface area contributed by atoms with E-state index < -0.39 is 0 Å². The standard InChI is InChI=1S/C18H31N5/c1-4-19-18(21-15-17-8-6-5-7-9-17)20-14-16(2)23-12-10-22(3)11-13-23/h5-9,16H,4,10-15H2,1-3H3,(H2,19,20,21). The topological polar surface area (TPSA) is 42.9 Å². The van der Waals surface area contributed by atoms with Gasteiger partial charge in [-0.05, 0) is 26.5 Å². The Bertz CT molecular complexity index is 466. The molecule has 1 saturated heterocycles. The molecule has 0 bridgehead atoms. The third kappa shape index (κ3) is 6.20. The van der Waals surface area contributed by atoms with Crippen molar-refractivity contribution in [1.29, 1.82) is 0 Å². The van der Waals surface area contributed by atoms with Gasteiger partial charge in [0.1, 0.15) is 0 Å². The van der Waals surface area contributed by atoms with E-state index in [9.17, 15) is 0 Å². The lowest BCUT2D eigenvalue weighted by Gasteiger charge is -2.36. The van der Waals surface area contributed by atoms with Gasteiger partial charge in [0.15, 0.2) is 5.96 Å². The van der Waals surface area contributed by atoms with Crippen LogP contribution in [0.3, 0.4) is 0 Å². The minimum atomic E-state index is 0.518. The third-order valence-electron chi connectivity index (χ3n) is 4.33. The fourth-order valence-electron chi connectivity index (χ4n) is 2.73. The number of nitrogens with zero attached hydrogens (tertiary/aromatic N) is 3. The quantitative estimate of drug-likeness (QED) is 0.614. The number of benzene rings is 1. The number of likely N-dealkylation sites (N-methyl/N-ethyl adjacent to an activating group) is 1. The molecular weight excluding hydrogens is 286 g/mol. The molecule has 5 heteroatoms. The van der Waals surface area contributed by atoms with E-state index in [0.717, 1.165) is 45.2 Å². The summed E-state index contributed by atoms with van der Waals surface area (Å²) in [5.74, 6) is 0.900. The molecule has 0 amide bonds. The maximum Gasteiger partial charge on any atom is 0.191 e. The molecule has 0 radical (unpaired) electrons. The van der Waals surface area contributed by atoms with Crippen molar-refractivity contribution in [3.63, 3.8) is 0 Å². The zero-order valence-corrected chi connectivity index (χ0v) is 14.8. The number of guanidine groups is 1. The molecular formula is C18H31N5. The minimum Gasteiger partial charge on any atom is -0.357 e. The second-order valence-electron chi connectivity index (χ2n) is 6.25. The first-order chi connectivity index (χ1) is 11.2. The average molecular weight is 317 g/mol. The molecule has 0 saturated carbocycles. The van der Waals surface area contributed by atoms with Crippen LogP contribution in [0.4, 0.5) is 0 Å². The fraction of sp³-hybridized carbons (Fsp3) is 0.611. The van der Waals surface area contributed by atoms with Gasteiger partial charge < -0.3 is 15.5 Å². The molecule has 1 atom stereocenters. The lowest BCUT2D eigenvalue weighted by Crippen LogP contribution is -2.52. The maximum absolute atomic E-state index is 4.68. The van der Waals surface area contributed by atoms with Gasteiger partial charge in [0.25, 0.3) is 0 Å². The third-order valence-corrected chi connectivity index (χ3v) is 4.33. The van der Waals surface area contributed by atoms with Gasteiger partial charge in [-0.3, -0.25) is 4.90 Å². The lowest BCUT2D eigenvalue weighted by atomic mass is 10.2. The number of piperazine rings is 1. The van der Waals surface area contributed by atoms with E-state index in [1.54, 1.807) is 0 Å². The first-order valence-corrected chi connectivity index (χ1v) is 8.67. The average Bonchev–Trinajstić information content (AvgIpc) is 2.58. The molecule has 1 aromatic rings. The summed E-state index contributed by atoms with van der Waals surface area (Å²) in [6.07, 6.45) is 0. The highest BCUT2D eigenvalue weighted by atomic mass is 15.3. The summed E-state index contributed by atoms with van der Waals surface area (Å²) < 4.78 is 0. The summed E-state index contributed by atoms with van der Waals surface area (Å²) in [7, 11) is 2.19. The van der Waals surface area contributed by atoms with Crippen LogP contribution in [-0.2, 0) is 6.54 Å². The maximum atomic E-state index is 4.68. The molecule has 0 aromatic heterocycles. The Morgan fingerprint density at radius 3 is 2.48 bits per heavy atom. The summed E-state index contributed by atoms with van der Waals surface area (Å²) >= 11 is 0. The van der Waals surface area contributed by atoms with Crippen molar-refractivity contribution in [2.45, 2.75) is 26.4 Å². The monoisotopic (exact) mass is 317 g/mol. The number of hydrogen-bond acceptors (Lipinski definition) is 3. The molecule has 5 nitrogen and oxygen atoms in total. The fourth-order valence-corrected chi connectivity index (χ4v) is 2.73. The van der Waals surface area contributed by atoms with Crippen molar-refractivity contribution in [2.75, 3.05) is 46.3 Å². The molecule has 1 unspecified atom stereocenters. The van der Waals surface area contributed by atoms with Crippen LogP contribution < -0.4 is 10.6 Å². The van der Waals surface area contributed by atoms with Crippen molar-refractivity contribution < 1.29 is 0 Å². The zero-order valence-electron chi connectivity index (χ0n) is 14.8. The van der Waals surface area contributed by atoms with Gasteiger partial charge in [-0.2, -0.15) is 0 Å². The summed E-state index contributed by atoms with van der Waals surface area (Å²) in [5, 5.41) is 6.81. The van der Waals surface area contributed by atoms with Crippen LogP contribution >= 0.6 is 0 Å².